The number of carbonyl (C=O) groups is 1. The molecule has 3 heteroatoms. The maximum absolute atomic E-state index is 11.4. The van der Waals surface area contributed by atoms with Crippen LogP contribution in [0.5, 0.6) is 0 Å². The fourth-order valence-electron chi connectivity index (χ4n) is 1.99. The molecule has 1 saturated heterocycles. The molecule has 0 saturated carbocycles. The number of nitrogens with two attached hydrogens (primary N) is 1. The van der Waals surface area contributed by atoms with Gasteiger partial charge in [-0.05, 0) is 24.8 Å². The lowest BCUT2D eigenvalue weighted by Gasteiger charge is -2.36. The molecule has 1 aliphatic heterocycles. The largest absolute Gasteiger partial charge is 0.342 e. The molecule has 0 aromatic carbocycles. The van der Waals surface area contributed by atoms with Gasteiger partial charge in [0.25, 0.3) is 0 Å². The van der Waals surface area contributed by atoms with Crippen molar-refractivity contribution >= 4 is 5.91 Å². The lowest BCUT2D eigenvalue weighted by molar-refractivity contribution is -0.133. The average Bonchev–Trinajstić information content (AvgIpc) is 2.16. The van der Waals surface area contributed by atoms with Crippen molar-refractivity contribution in [3.63, 3.8) is 0 Å². The molecule has 1 rings (SSSR count). The topological polar surface area (TPSA) is 46.3 Å². The third-order valence-corrected chi connectivity index (χ3v) is 3.04. The first-order valence-electron chi connectivity index (χ1n) is 5.16. The number of piperidine rings is 1. The third-order valence-electron chi connectivity index (χ3n) is 3.04. The van der Waals surface area contributed by atoms with Gasteiger partial charge in [-0.25, -0.2) is 0 Å². The van der Waals surface area contributed by atoms with Gasteiger partial charge in [0, 0.05) is 19.5 Å². The summed E-state index contributed by atoms with van der Waals surface area (Å²) >= 11 is 0. The van der Waals surface area contributed by atoms with Crippen molar-refractivity contribution in [1.82, 2.24) is 4.90 Å². The molecular formula is C10H20N2O. The zero-order chi connectivity index (χ0) is 9.84. The Bertz CT molecular complexity index is 182. The quantitative estimate of drug-likeness (QED) is 0.691. The minimum atomic E-state index is 0.280. The van der Waals surface area contributed by atoms with Crippen molar-refractivity contribution in [2.75, 3.05) is 19.6 Å². The molecule has 0 radical (unpaired) electrons. The smallest absolute Gasteiger partial charge is 0.222 e. The van der Waals surface area contributed by atoms with Crippen molar-refractivity contribution < 1.29 is 4.79 Å². The van der Waals surface area contributed by atoms with Gasteiger partial charge in [-0.3, -0.25) is 4.79 Å². The molecule has 2 N–H and O–H groups in total. The van der Waals surface area contributed by atoms with Gasteiger partial charge in [0.15, 0.2) is 0 Å². The summed E-state index contributed by atoms with van der Waals surface area (Å²) in [5.74, 6) is 1.46. The van der Waals surface area contributed by atoms with E-state index in [2.05, 4.69) is 6.92 Å². The highest BCUT2D eigenvalue weighted by Gasteiger charge is 2.26. The predicted octanol–water partition coefficient (Wildman–Crippen LogP) is 0.840. The maximum atomic E-state index is 11.4. The van der Waals surface area contributed by atoms with Gasteiger partial charge in [0.2, 0.25) is 5.91 Å². The van der Waals surface area contributed by atoms with E-state index in [-0.39, 0.29) is 5.91 Å². The van der Waals surface area contributed by atoms with Crippen molar-refractivity contribution in [1.29, 1.82) is 0 Å². The summed E-state index contributed by atoms with van der Waals surface area (Å²) in [5, 5.41) is 0. The normalized spacial score (nSPS) is 29.0. The fourth-order valence-corrected chi connectivity index (χ4v) is 1.99. The number of rotatable bonds is 2. The van der Waals surface area contributed by atoms with E-state index in [1.165, 1.54) is 0 Å². The summed E-state index contributed by atoms with van der Waals surface area (Å²) in [4.78, 5) is 13.4. The van der Waals surface area contributed by atoms with Crippen LogP contribution in [-0.2, 0) is 4.79 Å². The van der Waals surface area contributed by atoms with Crippen LogP contribution < -0.4 is 5.73 Å². The first kappa shape index (κ1) is 10.5. The van der Waals surface area contributed by atoms with Gasteiger partial charge >= 0.3 is 0 Å². The molecule has 1 heterocycles. The molecule has 0 aromatic rings. The van der Waals surface area contributed by atoms with E-state index in [0.717, 1.165) is 26.1 Å². The number of carbonyl (C=O) groups excluding carboxylic acids is 1. The molecule has 76 valence electrons. The Morgan fingerprint density at radius 2 is 2.31 bits per heavy atom. The zero-order valence-electron chi connectivity index (χ0n) is 8.62. The molecule has 1 aliphatic rings. The Morgan fingerprint density at radius 3 is 2.77 bits per heavy atom. The molecule has 2 atom stereocenters. The second kappa shape index (κ2) is 4.61. The second-order valence-corrected chi connectivity index (χ2v) is 3.96. The SMILES string of the molecule is CCC(=O)N1CCC(CN)C(C)C1. The van der Waals surface area contributed by atoms with Gasteiger partial charge < -0.3 is 10.6 Å². The molecule has 13 heavy (non-hydrogen) atoms. The first-order chi connectivity index (χ1) is 6.19. The predicted molar refractivity (Wildman–Crippen MR) is 53.2 cm³/mol. The van der Waals surface area contributed by atoms with Crippen LogP contribution in [0.2, 0.25) is 0 Å². The summed E-state index contributed by atoms with van der Waals surface area (Å²) in [6, 6.07) is 0. The number of hydrogen-bond donors (Lipinski definition) is 1. The van der Waals surface area contributed by atoms with Crippen LogP contribution in [0.3, 0.4) is 0 Å². The van der Waals surface area contributed by atoms with E-state index >= 15 is 0 Å². The Hall–Kier alpha value is -0.570. The van der Waals surface area contributed by atoms with E-state index < -0.39 is 0 Å². The number of hydrogen-bond acceptors (Lipinski definition) is 2. The molecule has 0 aromatic heterocycles. The zero-order valence-corrected chi connectivity index (χ0v) is 8.62. The van der Waals surface area contributed by atoms with Crippen LogP contribution in [-0.4, -0.2) is 30.4 Å². The van der Waals surface area contributed by atoms with Crippen LogP contribution in [0, 0.1) is 11.8 Å². The maximum Gasteiger partial charge on any atom is 0.222 e. The van der Waals surface area contributed by atoms with Gasteiger partial charge in [-0.15, -0.1) is 0 Å². The van der Waals surface area contributed by atoms with E-state index in [0.29, 0.717) is 18.3 Å². The van der Waals surface area contributed by atoms with Gasteiger partial charge in [-0.1, -0.05) is 13.8 Å². The number of amides is 1. The average molecular weight is 184 g/mol. The van der Waals surface area contributed by atoms with E-state index in [1.54, 1.807) is 0 Å². The minimum absolute atomic E-state index is 0.280. The van der Waals surface area contributed by atoms with Crippen molar-refractivity contribution in [2.45, 2.75) is 26.7 Å². The van der Waals surface area contributed by atoms with E-state index in [1.807, 2.05) is 11.8 Å². The molecule has 2 unspecified atom stereocenters. The third kappa shape index (κ3) is 2.44. The van der Waals surface area contributed by atoms with Gasteiger partial charge in [-0.2, -0.15) is 0 Å². The summed E-state index contributed by atoms with van der Waals surface area (Å²) < 4.78 is 0. The summed E-state index contributed by atoms with van der Waals surface area (Å²) in [5.41, 5.74) is 5.64. The number of likely N-dealkylation sites (tertiary alicyclic amines) is 1. The number of nitrogens with zero attached hydrogens (tertiary/aromatic N) is 1. The lowest BCUT2D eigenvalue weighted by atomic mass is 9.87. The van der Waals surface area contributed by atoms with Crippen molar-refractivity contribution in [3.05, 3.63) is 0 Å². The highest BCUT2D eigenvalue weighted by atomic mass is 16.2. The van der Waals surface area contributed by atoms with Crippen LogP contribution in [0.25, 0.3) is 0 Å². The summed E-state index contributed by atoms with van der Waals surface area (Å²) in [6.45, 7) is 6.66. The molecular weight excluding hydrogens is 164 g/mol. The first-order valence-corrected chi connectivity index (χ1v) is 5.16. The molecule has 0 bridgehead atoms. The van der Waals surface area contributed by atoms with Crippen LogP contribution in [0.1, 0.15) is 26.7 Å². The highest BCUT2D eigenvalue weighted by Crippen LogP contribution is 2.22. The fraction of sp³-hybridized carbons (Fsp3) is 0.900. The van der Waals surface area contributed by atoms with Gasteiger partial charge in [0.1, 0.15) is 0 Å². The Balaban J connectivity index is 2.45. The molecule has 0 spiro atoms. The molecule has 3 nitrogen and oxygen atoms in total. The Morgan fingerprint density at radius 1 is 1.62 bits per heavy atom. The lowest BCUT2D eigenvalue weighted by Crippen LogP contribution is -2.44. The summed E-state index contributed by atoms with van der Waals surface area (Å²) in [6.07, 6.45) is 1.70. The second-order valence-electron chi connectivity index (χ2n) is 3.96. The minimum Gasteiger partial charge on any atom is -0.342 e. The van der Waals surface area contributed by atoms with Crippen LogP contribution >= 0.6 is 0 Å². The van der Waals surface area contributed by atoms with Crippen molar-refractivity contribution in [2.24, 2.45) is 17.6 Å². The molecule has 1 amide bonds. The van der Waals surface area contributed by atoms with E-state index in [4.69, 9.17) is 5.73 Å². The van der Waals surface area contributed by atoms with Crippen molar-refractivity contribution in [3.8, 4) is 0 Å². The molecule has 0 aliphatic carbocycles. The standard InChI is InChI=1S/C10H20N2O/c1-3-10(13)12-5-4-9(6-11)8(2)7-12/h8-9H,3-7,11H2,1-2H3. The van der Waals surface area contributed by atoms with E-state index in [9.17, 15) is 4.79 Å². The Kier molecular flexibility index (Phi) is 3.72. The highest BCUT2D eigenvalue weighted by molar-refractivity contribution is 5.75. The van der Waals surface area contributed by atoms with Crippen LogP contribution in [0.4, 0.5) is 0 Å². The molecule has 1 fully saturated rings. The summed E-state index contributed by atoms with van der Waals surface area (Å²) in [7, 11) is 0. The Labute approximate surface area is 80.3 Å². The van der Waals surface area contributed by atoms with Crippen LogP contribution in [0.15, 0.2) is 0 Å². The monoisotopic (exact) mass is 184 g/mol. The van der Waals surface area contributed by atoms with Gasteiger partial charge in [0.05, 0.1) is 0 Å².